The largest absolute Gasteiger partial charge is 0.872 e. The highest BCUT2D eigenvalue weighted by molar-refractivity contribution is 9.10. The van der Waals surface area contributed by atoms with E-state index in [0.29, 0.717) is 5.56 Å². The zero-order valence-corrected chi connectivity index (χ0v) is 12.3. The van der Waals surface area contributed by atoms with Crippen LogP contribution in [0.25, 0.3) is 0 Å². The number of amides is 1. The summed E-state index contributed by atoms with van der Waals surface area (Å²) in [6.07, 6.45) is 4.85. The fraction of sp³-hybridized carbons (Fsp3) is 0.154. The first kappa shape index (κ1) is 14.3. The average Bonchev–Trinajstić information content (AvgIpc) is 2.79. The lowest BCUT2D eigenvalue weighted by Gasteiger charge is -2.09. The number of aromatic nitrogens is 2. The lowest BCUT2D eigenvalue weighted by Crippen LogP contribution is -2.42. The van der Waals surface area contributed by atoms with Crippen LogP contribution in [0, 0.1) is 6.92 Å². The Kier molecular flexibility index (Phi) is 4.52. The third-order valence-corrected chi connectivity index (χ3v) is 3.15. The van der Waals surface area contributed by atoms with Crippen LogP contribution in [0.15, 0.2) is 40.2 Å². The van der Waals surface area contributed by atoms with Crippen molar-refractivity contribution in [3.8, 4) is 5.75 Å². The molecule has 0 saturated carbocycles. The summed E-state index contributed by atoms with van der Waals surface area (Å²) in [6, 6.07) is 4.74. The molecule has 7 heteroatoms. The number of carbonyl (C=O) groups excluding carboxylic acids is 1. The van der Waals surface area contributed by atoms with Gasteiger partial charge in [0.1, 0.15) is 12.4 Å². The number of hydrogen-bond donors (Lipinski definition) is 2. The van der Waals surface area contributed by atoms with E-state index in [0.717, 1.165) is 10.3 Å². The summed E-state index contributed by atoms with van der Waals surface area (Å²) >= 11 is 3.27. The Morgan fingerprint density at radius 2 is 2.40 bits per heavy atom. The molecular weight excluding hydrogens is 324 g/mol. The van der Waals surface area contributed by atoms with Gasteiger partial charge in [-0.1, -0.05) is 27.7 Å². The molecule has 0 bridgehead atoms. The fourth-order valence-electron chi connectivity index (χ4n) is 1.60. The highest BCUT2D eigenvalue weighted by Crippen LogP contribution is 2.17. The summed E-state index contributed by atoms with van der Waals surface area (Å²) in [6.45, 7) is 2.02. The smallest absolute Gasteiger partial charge is 0.282 e. The van der Waals surface area contributed by atoms with Crippen LogP contribution in [0.1, 0.15) is 11.4 Å². The molecule has 1 aromatic heterocycles. The van der Waals surface area contributed by atoms with Crippen molar-refractivity contribution in [3.05, 3.63) is 46.5 Å². The average molecular weight is 337 g/mol. The number of halogens is 1. The second-order valence-corrected chi connectivity index (χ2v) is 5.06. The van der Waals surface area contributed by atoms with E-state index < -0.39 is 0 Å². The normalized spacial score (nSPS) is 10.9. The zero-order valence-electron chi connectivity index (χ0n) is 10.8. The van der Waals surface area contributed by atoms with Gasteiger partial charge in [0.05, 0.1) is 6.21 Å². The van der Waals surface area contributed by atoms with Gasteiger partial charge in [0.25, 0.3) is 11.7 Å². The predicted octanol–water partition coefficient (Wildman–Crippen LogP) is 0.597. The van der Waals surface area contributed by atoms with E-state index in [-0.39, 0.29) is 18.2 Å². The van der Waals surface area contributed by atoms with Crippen molar-refractivity contribution in [2.75, 3.05) is 0 Å². The monoisotopic (exact) mass is 336 g/mol. The molecule has 1 aromatic carbocycles. The highest BCUT2D eigenvalue weighted by Gasteiger charge is 2.09. The Morgan fingerprint density at radius 3 is 3.10 bits per heavy atom. The van der Waals surface area contributed by atoms with Crippen molar-refractivity contribution in [1.82, 2.24) is 10.4 Å². The van der Waals surface area contributed by atoms with Gasteiger partial charge in [-0.3, -0.25) is 4.79 Å². The molecule has 0 fully saturated rings. The van der Waals surface area contributed by atoms with Gasteiger partial charge in [0.2, 0.25) is 0 Å². The second kappa shape index (κ2) is 6.33. The Balaban J connectivity index is 1.94. The third kappa shape index (κ3) is 3.67. The molecule has 0 unspecified atom stereocenters. The lowest BCUT2D eigenvalue weighted by molar-refractivity contribution is -0.689. The molecule has 2 aromatic rings. The first-order valence-corrected chi connectivity index (χ1v) is 6.67. The molecule has 20 heavy (non-hydrogen) atoms. The molecule has 104 valence electrons. The minimum Gasteiger partial charge on any atom is -0.872 e. The molecule has 0 aliphatic heterocycles. The third-order valence-electron chi connectivity index (χ3n) is 2.66. The number of benzene rings is 1. The van der Waals surface area contributed by atoms with E-state index in [1.165, 1.54) is 12.3 Å². The molecular formula is C13H13BrN4O2. The number of rotatable bonds is 4. The first-order valence-electron chi connectivity index (χ1n) is 5.88. The standard InChI is InChI=1S/C13H13BrN4O2/c1-9-15-4-5-18(9)8-13(20)17-16-7-10-6-11(14)2-3-12(10)19/h2-7H,8H2,1H3,(H2,16,17,19,20). The van der Waals surface area contributed by atoms with Crippen LogP contribution in [0.4, 0.5) is 0 Å². The number of carbonyl (C=O) groups is 1. The Hall–Kier alpha value is -2.15. The van der Waals surface area contributed by atoms with Crippen molar-refractivity contribution < 1.29 is 14.5 Å². The number of H-pyrrole nitrogens is 1. The van der Waals surface area contributed by atoms with Crippen molar-refractivity contribution in [1.29, 1.82) is 0 Å². The molecule has 0 saturated heterocycles. The minimum absolute atomic E-state index is 0.151. The fourth-order valence-corrected chi connectivity index (χ4v) is 1.98. The number of imidazole rings is 1. The zero-order chi connectivity index (χ0) is 14.5. The molecule has 2 N–H and O–H groups in total. The number of hydrazone groups is 1. The van der Waals surface area contributed by atoms with Crippen LogP contribution >= 0.6 is 15.9 Å². The number of hydrogen-bond acceptors (Lipinski definition) is 3. The summed E-state index contributed by atoms with van der Waals surface area (Å²) < 4.78 is 2.53. The van der Waals surface area contributed by atoms with Gasteiger partial charge >= 0.3 is 0 Å². The number of aryl methyl sites for hydroxylation is 1. The number of nitrogens with one attached hydrogen (secondary N) is 2. The summed E-state index contributed by atoms with van der Waals surface area (Å²) in [5, 5.41) is 15.3. The van der Waals surface area contributed by atoms with Crippen LogP contribution in [0.2, 0.25) is 0 Å². The van der Waals surface area contributed by atoms with Crippen molar-refractivity contribution in [2.45, 2.75) is 13.5 Å². The lowest BCUT2D eigenvalue weighted by atomic mass is 10.2. The molecule has 0 spiro atoms. The van der Waals surface area contributed by atoms with Crippen LogP contribution in [0.5, 0.6) is 5.75 Å². The van der Waals surface area contributed by atoms with E-state index in [2.05, 4.69) is 31.4 Å². The number of nitrogens with zero attached hydrogens (tertiary/aromatic N) is 2. The van der Waals surface area contributed by atoms with Gasteiger partial charge in [0.15, 0.2) is 6.54 Å². The first-order chi connectivity index (χ1) is 9.56. The topological polar surface area (TPSA) is 84.2 Å². The highest BCUT2D eigenvalue weighted by atomic mass is 79.9. The summed E-state index contributed by atoms with van der Waals surface area (Å²) in [7, 11) is 0. The van der Waals surface area contributed by atoms with Gasteiger partial charge in [0, 0.05) is 11.4 Å². The molecule has 0 aliphatic carbocycles. The molecule has 0 radical (unpaired) electrons. The van der Waals surface area contributed by atoms with Gasteiger partial charge in [-0.05, 0) is 17.7 Å². The van der Waals surface area contributed by atoms with Crippen LogP contribution < -0.4 is 15.1 Å². The molecule has 6 nitrogen and oxygen atoms in total. The SMILES string of the molecule is Cc1[nH]cc[n+]1CC(=O)NN=Cc1cc(Br)ccc1[O-]. The van der Waals surface area contributed by atoms with Gasteiger partial charge < -0.3 is 5.11 Å². The van der Waals surface area contributed by atoms with Gasteiger partial charge in [-0.2, -0.15) is 5.10 Å². The molecule has 1 amide bonds. The van der Waals surface area contributed by atoms with Crippen molar-refractivity contribution in [3.63, 3.8) is 0 Å². The quantitative estimate of drug-likeness (QED) is 0.486. The van der Waals surface area contributed by atoms with Crippen LogP contribution in [-0.4, -0.2) is 17.1 Å². The van der Waals surface area contributed by atoms with Crippen molar-refractivity contribution in [2.24, 2.45) is 5.10 Å². The summed E-state index contributed by atoms with van der Waals surface area (Å²) in [4.78, 5) is 14.6. The number of aromatic amines is 1. The summed E-state index contributed by atoms with van der Waals surface area (Å²) in [5.41, 5.74) is 2.79. The maximum atomic E-state index is 11.7. The predicted molar refractivity (Wildman–Crippen MR) is 75.0 cm³/mol. The van der Waals surface area contributed by atoms with Crippen LogP contribution in [-0.2, 0) is 11.3 Å². The van der Waals surface area contributed by atoms with Gasteiger partial charge in [-0.25, -0.2) is 15.0 Å². The Bertz CT molecular complexity index is 652. The van der Waals surface area contributed by atoms with Crippen molar-refractivity contribution >= 4 is 28.1 Å². The van der Waals surface area contributed by atoms with Crippen LogP contribution in [0.3, 0.4) is 0 Å². The van der Waals surface area contributed by atoms with E-state index in [1.807, 2.05) is 6.92 Å². The van der Waals surface area contributed by atoms with E-state index in [1.54, 1.807) is 29.1 Å². The summed E-state index contributed by atoms with van der Waals surface area (Å²) in [5.74, 6) is 0.455. The minimum atomic E-state index is -0.267. The molecule has 0 aliphatic rings. The maximum absolute atomic E-state index is 11.7. The van der Waals surface area contributed by atoms with Gasteiger partial charge in [-0.15, -0.1) is 0 Å². The molecule has 0 atom stereocenters. The molecule has 1 heterocycles. The second-order valence-electron chi connectivity index (χ2n) is 4.15. The van der Waals surface area contributed by atoms with E-state index in [4.69, 9.17) is 0 Å². The maximum Gasteiger partial charge on any atom is 0.282 e. The Morgan fingerprint density at radius 1 is 1.60 bits per heavy atom. The Labute approximate surface area is 124 Å². The van der Waals surface area contributed by atoms with E-state index in [9.17, 15) is 9.90 Å². The van der Waals surface area contributed by atoms with E-state index >= 15 is 0 Å². The molecule has 2 rings (SSSR count).